The summed E-state index contributed by atoms with van der Waals surface area (Å²) in [6.07, 6.45) is -1.23. The van der Waals surface area contributed by atoms with Crippen LogP contribution < -0.4 is 10.9 Å². The number of fused-ring (bicyclic) bond motifs is 1. The Balaban J connectivity index is 0.00000176. The Bertz CT molecular complexity index is 1310. The van der Waals surface area contributed by atoms with Gasteiger partial charge in [0.15, 0.2) is 0 Å². The quantitative estimate of drug-likeness (QED) is 0.542. The number of likely N-dealkylation sites (tertiary alicyclic amines) is 1. The number of aryl methyl sites for hydroxylation is 1. The summed E-state index contributed by atoms with van der Waals surface area (Å²) in [7, 11) is 3.06. The molecular formula is C25H30F3N5O3. The van der Waals surface area contributed by atoms with Crippen LogP contribution in [0.15, 0.2) is 35.4 Å². The van der Waals surface area contributed by atoms with Gasteiger partial charge in [-0.15, -0.1) is 0 Å². The molecule has 36 heavy (non-hydrogen) atoms. The van der Waals surface area contributed by atoms with E-state index in [1.807, 2.05) is 13.8 Å². The standard InChI is InChI=1S/C23H24F3N5O3.C2H6/c1-13(32)31-8-7-23(11-31,34-3)17-9-16-20(28-12-29-21(16)30(2)22(17)33)27-10-14-5-4-6-15(18(14)24)19(25)26;1-2/h4-6,9,12,19H,7-8,10-11H2,1-3H3,(H,27,28,29);1-2H3. The fourth-order valence-corrected chi connectivity index (χ4v) is 4.37. The van der Waals surface area contributed by atoms with Gasteiger partial charge in [0.1, 0.15) is 29.2 Å². The number of hydrogen-bond acceptors (Lipinski definition) is 6. The average Bonchev–Trinajstić information content (AvgIpc) is 3.33. The van der Waals surface area contributed by atoms with Crippen LogP contribution in [0, 0.1) is 5.82 Å². The number of nitrogens with one attached hydrogen (secondary N) is 1. The van der Waals surface area contributed by atoms with Crippen LogP contribution in [0.5, 0.6) is 0 Å². The van der Waals surface area contributed by atoms with Crippen molar-refractivity contribution in [2.75, 3.05) is 25.5 Å². The van der Waals surface area contributed by atoms with Crippen molar-refractivity contribution in [2.24, 2.45) is 7.05 Å². The molecule has 0 saturated carbocycles. The minimum atomic E-state index is -2.93. The summed E-state index contributed by atoms with van der Waals surface area (Å²) < 4.78 is 47.7. The van der Waals surface area contributed by atoms with Gasteiger partial charge in [-0.25, -0.2) is 23.1 Å². The van der Waals surface area contributed by atoms with E-state index in [0.29, 0.717) is 35.4 Å². The Morgan fingerprint density at radius 1 is 1.28 bits per heavy atom. The molecule has 1 saturated heterocycles. The molecule has 3 aromatic rings. The Hall–Kier alpha value is -3.47. The molecular weight excluding hydrogens is 475 g/mol. The van der Waals surface area contributed by atoms with Gasteiger partial charge in [-0.2, -0.15) is 0 Å². The number of anilines is 1. The summed E-state index contributed by atoms with van der Waals surface area (Å²) in [5, 5.41) is 3.45. The predicted molar refractivity (Wildman–Crippen MR) is 130 cm³/mol. The van der Waals surface area contributed by atoms with Crippen LogP contribution >= 0.6 is 0 Å². The predicted octanol–water partition coefficient (Wildman–Crippen LogP) is 4.14. The second-order valence-electron chi connectivity index (χ2n) is 8.25. The molecule has 0 aliphatic carbocycles. The van der Waals surface area contributed by atoms with Crippen LogP contribution in [0.1, 0.15) is 50.3 Å². The summed E-state index contributed by atoms with van der Waals surface area (Å²) in [5.41, 5.74) is -1.26. The number of halogens is 3. The van der Waals surface area contributed by atoms with Crippen LogP contribution in [-0.4, -0.2) is 45.5 Å². The first kappa shape index (κ1) is 27.1. The van der Waals surface area contributed by atoms with E-state index >= 15 is 0 Å². The summed E-state index contributed by atoms with van der Waals surface area (Å²) in [6.45, 7) is 6.02. The van der Waals surface area contributed by atoms with Crippen molar-refractivity contribution < 1.29 is 22.7 Å². The molecule has 1 fully saturated rings. The molecule has 1 unspecified atom stereocenters. The highest BCUT2D eigenvalue weighted by Gasteiger charge is 2.43. The van der Waals surface area contributed by atoms with Gasteiger partial charge in [-0.05, 0) is 6.07 Å². The average molecular weight is 506 g/mol. The molecule has 4 rings (SSSR count). The molecule has 0 bridgehead atoms. The largest absolute Gasteiger partial charge is 0.371 e. The monoisotopic (exact) mass is 505 g/mol. The maximum absolute atomic E-state index is 14.5. The zero-order valence-corrected chi connectivity index (χ0v) is 20.9. The molecule has 3 heterocycles. The number of carbonyl (C=O) groups excluding carboxylic acids is 1. The van der Waals surface area contributed by atoms with E-state index in [2.05, 4.69) is 15.3 Å². The number of ether oxygens (including phenoxy) is 1. The van der Waals surface area contributed by atoms with E-state index in [1.165, 1.54) is 37.1 Å². The van der Waals surface area contributed by atoms with Crippen molar-refractivity contribution >= 4 is 22.8 Å². The molecule has 1 aliphatic rings. The third-order valence-electron chi connectivity index (χ3n) is 6.35. The molecule has 0 spiro atoms. The molecule has 8 nitrogen and oxygen atoms in total. The van der Waals surface area contributed by atoms with E-state index < -0.39 is 23.4 Å². The molecule has 11 heteroatoms. The summed E-state index contributed by atoms with van der Waals surface area (Å²) in [5.74, 6) is -0.795. The molecule has 1 aromatic carbocycles. The highest BCUT2D eigenvalue weighted by Crippen LogP contribution is 2.35. The normalized spacial score (nSPS) is 17.3. The number of hydrogen-bond donors (Lipinski definition) is 1. The van der Waals surface area contributed by atoms with E-state index in [4.69, 9.17) is 4.74 Å². The lowest BCUT2D eigenvalue weighted by molar-refractivity contribution is -0.129. The topological polar surface area (TPSA) is 89.3 Å². The number of alkyl halides is 2. The van der Waals surface area contributed by atoms with Gasteiger partial charge in [0.05, 0.1) is 23.1 Å². The first-order valence-corrected chi connectivity index (χ1v) is 11.6. The molecule has 1 aliphatic heterocycles. The van der Waals surface area contributed by atoms with Crippen molar-refractivity contribution in [1.29, 1.82) is 0 Å². The highest BCUT2D eigenvalue weighted by molar-refractivity contribution is 5.87. The van der Waals surface area contributed by atoms with Crippen LogP contribution in [0.3, 0.4) is 0 Å². The van der Waals surface area contributed by atoms with Gasteiger partial charge in [0.2, 0.25) is 5.91 Å². The Morgan fingerprint density at radius 3 is 2.61 bits per heavy atom. The molecule has 1 N–H and O–H groups in total. The number of carbonyl (C=O) groups is 1. The summed E-state index contributed by atoms with van der Waals surface area (Å²) >= 11 is 0. The fourth-order valence-electron chi connectivity index (χ4n) is 4.37. The van der Waals surface area contributed by atoms with E-state index in [-0.39, 0.29) is 30.1 Å². The van der Waals surface area contributed by atoms with E-state index in [9.17, 15) is 22.8 Å². The third-order valence-corrected chi connectivity index (χ3v) is 6.35. The van der Waals surface area contributed by atoms with Gasteiger partial charge in [-0.1, -0.05) is 32.0 Å². The van der Waals surface area contributed by atoms with Crippen LogP contribution in [-0.2, 0) is 28.7 Å². The highest BCUT2D eigenvalue weighted by atomic mass is 19.3. The number of rotatable bonds is 6. The number of aromatic nitrogens is 3. The van der Waals surface area contributed by atoms with Crippen molar-refractivity contribution in [3.8, 4) is 0 Å². The summed E-state index contributed by atoms with van der Waals surface area (Å²) in [4.78, 5) is 35.2. The van der Waals surface area contributed by atoms with E-state index in [0.717, 1.165) is 6.07 Å². The van der Waals surface area contributed by atoms with Crippen molar-refractivity contribution in [3.05, 3.63) is 63.5 Å². The Labute approximate surface area is 207 Å². The second kappa shape index (κ2) is 11.1. The molecule has 0 radical (unpaired) electrons. The minimum absolute atomic E-state index is 0.0517. The van der Waals surface area contributed by atoms with Gasteiger partial charge in [0, 0.05) is 46.2 Å². The first-order chi connectivity index (χ1) is 17.2. The van der Waals surface area contributed by atoms with Crippen LogP contribution in [0.4, 0.5) is 19.0 Å². The summed E-state index contributed by atoms with van der Waals surface area (Å²) in [6, 6.07) is 5.44. The van der Waals surface area contributed by atoms with Gasteiger partial charge < -0.3 is 15.0 Å². The zero-order valence-electron chi connectivity index (χ0n) is 20.9. The van der Waals surface area contributed by atoms with Gasteiger partial charge in [-0.3, -0.25) is 14.2 Å². The maximum Gasteiger partial charge on any atom is 0.266 e. The third kappa shape index (κ3) is 4.92. The second-order valence-corrected chi connectivity index (χ2v) is 8.25. The number of nitrogens with zero attached hydrogens (tertiary/aromatic N) is 4. The molecule has 1 atom stereocenters. The van der Waals surface area contributed by atoms with Crippen LogP contribution in [0.2, 0.25) is 0 Å². The lowest BCUT2D eigenvalue weighted by atomic mass is 9.93. The Kier molecular flexibility index (Phi) is 8.34. The maximum atomic E-state index is 14.5. The van der Waals surface area contributed by atoms with Crippen molar-refractivity contribution in [1.82, 2.24) is 19.4 Å². The minimum Gasteiger partial charge on any atom is -0.371 e. The van der Waals surface area contributed by atoms with Crippen molar-refractivity contribution in [2.45, 2.75) is 45.8 Å². The lowest BCUT2D eigenvalue weighted by Gasteiger charge is -2.28. The van der Waals surface area contributed by atoms with Gasteiger partial charge >= 0.3 is 0 Å². The molecule has 194 valence electrons. The fraction of sp³-hybridized carbons (Fsp3) is 0.440. The van der Waals surface area contributed by atoms with E-state index in [1.54, 1.807) is 18.0 Å². The smallest absolute Gasteiger partial charge is 0.266 e. The number of pyridine rings is 1. The SMILES string of the molecule is CC.COC1(c2cc3c(NCc4cccc(C(F)F)c4F)ncnc3n(C)c2=O)CCN(C(C)=O)C1. The number of amides is 1. The Morgan fingerprint density at radius 2 is 2.00 bits per heavy atom. The molecule has 1 amide bonds. The lowest BCUT2D eigenvalue weighted by Crippen LogP contribution is -2.40. The number of benzene rings is 1. The number of methoxy groups -OCH3 is 1. The molecule has 2 aromatic heterocycles. The van der Waals surface area contributed by atoms with Gasteiger partial charge in [0.25, 0.3) is 12.0 Å². The first-order valence-electron chi connectivity index (χ1n) is 11.6. The van der Waals surface area contributed by atoms with Crippen molar-refractivity contribution in [3.63, 3.8) is 0 Å². The zero-order chi connectivity index (χ0) is 26.6. The van der Waals surface area contributed by atoms with Crippen LogP contribution in [0.25, 0.3) is 11.0 Å².